The summed E-state index contributed by atoms with van der Waals surface area (Å²) < 4.78 is 68.2. The highest BCUT2D eigenvalue weighted by molar-refractivity contribution is 9.09. The summed E-state index contributed by atoms with van der Waals surface area (Å²) in [5.41, 5.74) is -3.23. The summed E-state index contributed by atoms with van der Waals surface area (Å²) in [5, 5.41) is 1.31. The minimum Gasteiger partial charge on any atom is -0.468 e. The number of rotatable bonds is 23. The third kappa shape index (κ3) is 18.0. The number of halogens is 4. The van der Waals surface area contributed by atoms with Crippen LogP contribution < -0.4 is 5.19 Å². The summed E-state index contributed by atoms with van der Waals surface area (Å²) in [4.78, 5) is 63.0. The Kier molecular flexibility index (Phi) is 19.7. The predicted molar refractivity (Wildman–Crippen MR) is 202 cm³/mol. The number of hydrogen-bond acceptors (Lipinski definition) is 11. The largest absolute Gasteiger partial charge is 0.508 e. The van der Waals surface area contributed by atoms with Gasteiger partial charge in [-0.2, -0.15) is 13.2 Å². The maximum Gasteiger partial charge on any atom is 0.508 e. The van der Waals surface area contributed by atoms with Crippen LogP contribution in [0.3, 0.4) is 0 Å². The van der Waals surface area contributed by atoms with Gasteiger partial charge in [-0.05, 0) is 52.5 Å². The molecule has 0 fully saturated rings. The molecule has 0 aromatic heterocycles. The molecule has 0 bridgehead atoms. The van der Waals surface area contributed by atoms with Gasteiger partial charge in [0.1, 0.15) is 37.3 Å². The molecule has 1 aromatic carbocycles. The molecule has 0 amide bonds. The molecule has 16 heteroatoms. The first-order valence-electron chi connectivity index (χ1n) is 18.0. The number of carbonyl (C=O) groups is 5. The molecule has 0 aliphatic carbocycles. The Bertz CT molecular complexity index is 1380. The van der Waals surface area contributed by atoms with Gasteiger partial charge in [-0.1, -0.05) is 90.7 Å². The van der Waals surface area contributed by atoms with Crippen molar-refractivity contribution >= 4 is 59.2 Å². The molecule has 1 aromatic rings. The van der Waals surface area contributed by atoms with E-state index in [-0.39, 0.29) is 17.9 Å². The lowest BCUT2D eigenvalue weighted by Gasteiger charge is -2.30. The highest BCUT2D eigenvalue weighted by Crippen LogP contribution is 2.37. The van der Waals surface area contributed by atoms with Crippen LogP contribution in [0.5, 0.6) is 0 Å². The molecule has 11 nitrogen and oxygen atoms in total. The second-order valence-electron chi connectivity index (χ2n) is 15.8. The molecule has 1 rings (SSSR count). The van der Waals surface area contributed by atoms with Crippen LogP contribution in [0.4, 0.5) is 18.0 Å². The van der Waals surface area contributed by atoms with E-state index in [0.717, 1.165) is 19.6 Å². The van der Waals surface area contributed by atoms with Gasteiger partial charge in [-0.15, -0.1) is 0 Å². The molecule has 0 aliphatic rings. The highest BCUT2D eigenvalue weighted by atomic mass is 79.9. The van der Waals surface area contributed by atoms with E-state index < -0.39 is 93.4 Å². The standard InChI is InChI=1S/C38H58BrF3O11Si/c1-27(43)50-23-36(4,32(45)48-6)25-52-34(47)53-26-37(5,33(46)49-21-15-13-11-10-12-14-20-38(40,41)42)24-51-31(44)35(2,3)22-30(39)28-16-18-29(19-17-28)54(7,8)9/h16-19,30H,10-15,20-26H2,1-9H3. The molecular formula is C38H58BrF3O11Si. The summed E-state index contributed by atoms with van der Waals surface area (Å²) >= 11 is 3.70. The summed E-state index contributed by atoms with van der Waals surface area (Å²) in [6.07, 6.45) is -3.05. The first kappa shape index (κ1) is 48.9. The number of unbranched alkanes of at least 4 members (excludes halogenated alkanes) is 5. The molecule has 3 atom stereocenters. The summed E-state index contributed by atoms with van der Waals surface area (Å²) in [6, 6.07) is 8.29. The van der Waals surface area contributed by atoms with Crippen LogP contribution in [0.25, 0.3) is 0 Å². The van der Waals surface area contributed by atoms with E-state index in [0.29, 0.717) is 38.5 Å². The quantitative estimate of drug-likeness (QED) is 0.0345. The second-order valence-corrected chi connectivity index (χ2v) is 22.0. The Labute approximate surface area is 326 Å². The van der Waals surface area contributed by atoms with Gasteiger partial charge in [-0.25, -0.2) is 4.79 Å². The van der Waals surface area contributed by atoms with Crippen molar-refractivity contribution in [3.63, 3.8) is 0 Å². The normalized spacial score (nSPS) is 14.8. The minimum atomic E-state index is -4.17. The van der Waals surface area contributed by atoms with Crippen molar-refractivity contribution in [2.45, 2.75) is 117 Å². The van der Waals surface area contributed by atoms with Gasteiger partial charge in [0, 0.05) is 18.2 Å². The Morgan fingerprint density at radius 1 is 0.685 bits per heavy atom. The molecule has 308 valence electrons. The lowest BCUT2D eigenvalue weighted by atomic mass is 9.86. The van der Waals surface area contributed by atoms with Gasteiger partial charge in [0.05, 0.1) is 27.2 Å². The van der Waals surface area contributed by atoms with E-state index in [1.54, 1.807) is 13.8 Å². The zero-order chi connectivity index (χ0) is 41.4. The molecule has 0 N–H and O–H groups in total. The van der Waals surface area contributed by atoms with Crippen molar-refractivity contribution in [2.75, 3.05) is 40.1 Å². The SMILES string of the molecule is COC(=O)C(C)(COC(C)=O)COC(=O)OCC(C)(COC(=O)C(C)(C)CC(Br)c1ccc([Si](C)(C)C)cc1)C(=O)OCCCCCCCCC(F)(F)F. The summed E-state index contributed by atoms with van der Waals surface area (Å²) in [5.74, 6) is -2.89. The summed E-state index contributed by atoms with van der Waals surface area (Å²) in [7, 11) is -0.373. The molecule has 54 heavy (non-hydrogen) atoms. The van der Waals surface area contributed by atoms with E-state index in [9.17, 15) is 37.1 Å². The van der Waals surface area contributed by atoms with Crippen molar-refractivity contribution in [1.82, 2.24) is 0 Å². The maximum atomic E-state index is 13.4. The monoisotopic (exact) mass is 854 g/mol. The van der Waals surface area contributed by atoms with Crippen molar-refractivity contribution < 1.29 is 65.6 Å². The van der Waals surface area contributed by atoms with Gasteiger partial charge < -0.3 is 28.4 Å². The van der Waals surface area contributed by atoms with E-state index in [4.69, 9.17) is 28.4 Å². The van der Waals surface area contributed by atoms with Crippen molar-refractivity contribution in [1.29, 1.82) is 0 Å². The number of benzene rings is 1. The first-order valence-corrected chi connectivity index (χ1v) is 22.4. The van der Waals surface area contributed by atoms with Crippen molar-refractivity contribution in [3.8, 4) is 0 Å². The fourth-order valence-corrected chi connectivity index (χ4v) is 7.32. The predicted octanol–water partition coefficient (Wildman–Crippen LogP) is 8.37. The van der Waals surface area contributed by atoms with Crippen molar-refractivity contribution in [2.24, 2.45) is 16.2 Å². The Morgan fingerprint density at radius 3 is 1.67 bits per heavy atom. The van der Waals surface area contributed by atoms with Crippen LogP contribution in [-0.2, 0) is 47.6 Å². The molecule has 0 aliphatic heterocycles. The Balaban J connectivity index is 2.95. The number of esters is 4. The average molecular weight is 856 g/mol. The van der Waals surface area contributed by atoms with Gasteiger partial charge in [0.2, 0.25) is 0 Å². The van der Waals surface area contributed by atoms with Crippen molar-refractivity contribution in [3.05, 3.63) is 29.8 Å². The topological polar surface area (TPSA) is 141 Å². The summed E-state index contributed by atoms with van der Waals surface area (Å²) in [6.45, 7) is 12.0. The molecule has 0 saturated heterocycles. The van der Waals surface area contributed by atoms with Gasteiger partial charge in [-0.3, -0.25) is 19.2 Å². The number of alkyl halides is 4. The third-order valence-electron chi connectivity index (χ3n) is 8.77. The lowest BCUT2D eigenvalue weighted by Crippen LogP contribution is -2.43. The molecule has 3 unspecified atom stereocenters. The first-order chi connectivity index (χ1) is 24.8. The van der Waals surface area contributed by atoms with E-state index in [1.165, 1.54) is 19.0 Å². The number of ether oxygens (including phenoxy) is 6. The van der Waals surface area contributed by atoms with Crippen LogP contribution in [-0.4, -0.2) is 84.4 Å². The zero-order valence-electron chi connectivity index (χ0n) is 33.1. The molecular weight excluding hydrogens is 797 g/mol. The van der Waals surface area contributed by atoms with E-state index >= 15 is 0 Å². The smallest absolute Gasteiger partial charge is 0.468 e. The maximum absolute atomic E-state index is 13.4. The zero-order valence-corrected chi connectivity index (χ0v) is 35.7. The van der Waals surface area contributed by atoms with Crippen LogP contribution in [0.1, 0.15) is 96.4 Å². The van der Waals surface area contributed by atoms with E-state index in [1.807, 2.05) is 12.1 Å². The minimum absolute atomic E-state index is 0.0176. The second kappa shape index (κ2) is 21.8. The fourth-order valence-electron chi connectivity index (χ4n) is 5.04. The fraction of sp³-hybridized carbons (Fsp3) is 0.711. The van der Waals surface area contributed by atoms with Gasteiger partial charge in [0.25, 0.3) is 0 Å². The average Bonchev–Trinajstić information content (AvgIpc) is 3.08. The number of methoxy groups -OCH3 is 1. The van der Waals surface area contributed by atoms with Crippen LogP contribution in [0.15, 0.2) is 24.3 Å². The molecule has 0 radical (unpaired) electrons. The molecule has 0 heterocycles. The van der Waals surface area contributed by atoms with Gasteiger partial charge >= 0.3 is 36.2 Å². The lowest BCUT2D eigenvalue weighted by molar-refractivity contribution is -0.170. The number of carbonyl (C=O) groups excluding carboxylic acids is 5. The van der Waals surface area contributed by atoms with Crippen LogP contribution in [0, 0.1) is 16.2 Å². The van der Waals surface area contributed by atoms with Crippen LogP contribution in [0.2, 0.25) is 19.6 Å². The third-order valence-corrected chi connectivity index (χ3v) is 11.7. The Morgan fingerprint density at radius 2 is 1.17 bits per heavy atom. The van der Waals surface area contributed by atoms with E-state index in [2.05, 4.69) is 47.7 Å². The molecule has 0 saturated carbocycles. The van der Waals surface area contributed by atoms with Crippen LogP contribution >= 0.6 is 15.9 Å². The molecule has 0 spiro atoms. The number of hydrogen-bond donors (Lipinski definition) is 0. The Hall–Kier alpha value is -3.14. The van der Waals surface area contributed by atoms with Gasteiger partial charge in [0.15, 0.2) is 0 Å². The highest BCUT2D eigenvalue weighted by Gasteiger charge is 2.42.